The van der Waals surface area contributed by atoms with E-state index in [0.717, 1.165) is 16.8 Å². The molecular weight excluding hydrogens is 360 g/mol. The van der Waals surface area contributed by atoms with Gasteiger partial charge in [-0.2, -0.15) is 0 Å². The molecule has 0 bridgehead atoms. The highest BCUT2D eigenvalue weighted by Gasteiger charge is 2.28. The summed E-state index contributed by atoms with van der Waals surface area (Å²) in [5.74, 6) is 0.139. The summed E-state index contributed by atoms with van der Waals surface area (Å²) < 4.78 is 6.04. The van der Waals surface area contributed by atoms with Crippen LogP contribution in [0.5, 0.6) is 0 Å². The SMILES string of the molecule is O=C(NC1=C(c2ccccc2)NC(c2ccccc2)O1)c1ccc(Cl)cc1. The summed E-state index contributed by atoms with van der Waals surface area (Å²) in [5.41, 5.74) is 3.15. The van der Waals surface area contributed by atoms with E-state index in [1.54, 1.807) is 24.3 Å². The number of nitrogens with one attached hydrogen (secondary N) is 2. The predicted molar refractivity (Wildman–Crippen MR) is 106 cm³/mol. The van der Waals surface area contributed by atoms with Crippen molar-refractivity contribution in [1.82, 2.24) is 10.6 Å². The fraction of sp³-hybridized carbons (Fsp3) is 0.0455. The maximum Gasteiger partial charge on any atom is 0.258 e. The largest absolute Gasteiger partial charge is 0.449 e. The average molecular weight is 377 g/mol. The molecule has 1 heterocycles. The Kier molecular flexibility index (Phi) is 4.81. The van der Waals surface area contributed by atoms with Crippen LogP contribution >= 0.6 is 11.6 Å². The van der Waals surface area contributed by atoms with Gasteiger partial charge in [-0.3, -0.25) is 10.1 Å². The first-order valence-electron chi connectivity index (χ1n) is 8.55. The van der Waals surface area contributed by atoms with Crippen molar-refractivity contribution in [3.05, 3.63) is 113 Å². The molecule has 0 radical (unpaired) electrons. The van der Waals surface area contributed by atoms with Crippen molar-refractivity contribution in [2.45, 2.75) is 6.23 Å². The number of rotatable bonds is 4. The summed E-state index contributed by atoms with van der Waals surface area (Å²) in [6, 6.07) is 26.3. The van der Waals surface area contributed by atoms with Crippen molar-refractivity contribution < 1.29 is 9.53 Å². The van der Waals surface area contributed by atoms with Crippen LogP contribution in [-0.4, -0.2) is 5.91 Å². The lowest BCUT2D eigenvalue weighted by atomic mass is 10.1. The van der Waals surface area contributed by atoms with E-state index in [0.29, 0.717) is 16.5 Å². The Morgan fingerprint density at radius 3 is 2.19 bits per heavy atom. The first kappa shape index (κ1) is 17.2. The van der Waals surface area contributed by atoms with Gasteiger partial charge in [0.15, 0.2) is 6.23 Å². The fourth-order valence-electron chi connectivity index (χ4n) is 2.87. The van der Waals surface area contributed by atoms with E-state index in [1.807, 2.05) is 60.7 Å². The molecule has 1 unspecified atom stereocenters. The van der Waals surface area contributed by atoms with Crippen molar-refractivity contribution in [3.63, 3.8) is 0 Å². The van der Waals surface area contributed by atoms with Crippen molar-refractivity contribution >= 4 is 23.2 Å². The van der Waals surface area contributed by atoms with Crippen LogP contribution in [0.25, 0.3) is 5.70 Å². The van der Waals surface area contributed by atoms with Crippen LogP contribution in [0.2, 0.25) is 5.02 Å². The van der Waals surface area contributed by atoms with Gasteiger partial charge >= 0.3 is 0 Å². The molecule has 2 N–H and O–H groups in total. The monoisotopic (exact) mass is 376 g/mol. The van der Waals surface area contributed by atoms with Gasteiger partial charge in [-0.05, 0) is 24.3 Å². The number of hydrogen-bond acceptors (Lipinski definition) is 3. The van der Waals surface area contributed by atoms with E-state index in [2.05, 4.69) is 10.6 Å². The maximum absolute atomic E-state index is 12.6. The molecule has 0 saturated heterocycles. The molecular formula is C22H17ClN2O2. The number of carbonyl (C=O) groups is 1. The Morgan fingerprint density at radius 2 is 1.52 bits per heavy atom. The van der Waals surface area contributed by atoms with E-state index >= 15 is 0 Å². The zero-order valence-electron chi connectivity index (χ0n) is 14.4. The lowest BCUT2D eigenvalue weighted by Crippen LogP contribution is -2.23. The quantitative estimate of drug-likeness (QED) is 0.693. The van der Waals surface area contributed by atoms with Crippen LogP contribution in [0, 0.1) is 0 Å². The minimum atomic E-state index is -0.373. The molecule has 0 aliphatic carbocycles. The van der Waals surface area contributed by atoms with Crippen LogP contribution in [0.1, 0.15) is 27.7 Å². The van der Waals surface area contributed by atoms with E-state index in [9.17, 15) is 4.79 Å². The Labute approximate surface area is 162 Å². The molecule has 0 fully saturated rings. The normalized spacial score (nSPS) is 15.8. The van der Waals surface area contributed by atoms with Crippen LogP contribution < -0.4 is 10.6 Å². The Hall–Kier alpha value is -3.24. The first-order chi connectivity index (χ1) is 13.2. The Balaban J connectivity index is 1.63. The second kappa shape index (κ2) is 7.56. The summed E-state index contributed by atoms with van der Waals surface area (Å²) in [4.78, 5) is 12.6. The zero-order chi connectivity index (χ0) is 18.6. The molecule has 0 aromatic heterocycles. The first-order valence-corrected chi connectivity index (χ1v) is 8.93. The Morgan fingerprint density at radius 1 is 0.889 bits per heavy atom. The summed E-state index contributed by atoms with van der Waals surface area (Å²) in [6.45, 7) is 0. The molecule has 5 heteroatoms. The second-order valence-electron chi connectivity index (χ2n) is 6.08. The second-order valence-corrected chi connectivity index (χ2v) is 6.52. The van der Waals surface area contributed by atoms with Crippen LogP contribution in [0.15, 0.2) is 90.8 Å². The third-order valence-corrected chi connectivity index (χ3v) is 4.49. The van der Waals surface area contributed by atoms with Crippen molar-refractivity contribution in [1.29, 1.82) is 0 Å². The molecule has 4 nitrogen and oxygen atoms in total. The highest BCUT2D eigenvalue weighted by Crippen LogP contribution is 2.31. The molecule has 3 aromatic carbocycles. The van der Waals surface area contributed by atoms with Gasteiger partial charge in [-0.15, -0.1) is 0 Å². The highest BCUT2D eigenvalue weighted by molar-refractivity contribution is 6.30. The molecule has 134 valence electrons. The molecule has 0 saturated carbocycles. The fourth-order valence-corrected chi connectivity index (χ4v) is 3.00. The van der Waals surface area contributed by atoms with Crippen molar-refractivity contribution in [2.24, 2.45) is 0 Å². The minimum Gasteiger partial charge on any atom is -0.449 e. The number of amides is 1. The standard InChI is InChI=1S/C22H17ClN2O2/c23-18-13-11-16(12-14-18)20(26)25-22-19(15-7-3-1-4-8-15)24-21(27-22)17-9-5-2-6-10-17/h1-14,21,24H,(H,25,26). The van der Waals surface area contributed by atoms with Crippen LogP contribution in [-0.2, 0) is 4.74 Å². The van der Waals surface area contributed by atoms with Gasteiger partial charge in [-0.1, -0.05) is 72.3 Å². The van der Waals surface area contributed by atoms with E-state index < -0.39 is 0 Å². The maximum atomic E-state index is 12.6. The van der Waals surface area contributed by atoms with E-state index in [4.69, 9.17) is 16.3 Å². The third kappa shape index (κ3) is 3.81. The summed E-state index contributed by atoms with van der Waals surface area (Å²) in [5, 5.41) is 6.82. The molecule has 4 rings (SSSR count). The number of halogens is 1. The summed E-state index contributed by atoms with van der Waals surface area (Å²) >= 11 is 5.90. The molecule has 27 heavy (non-hydrogen) atoms. The molecule has 3 aromatic rings. The van der Waals surface area contributed by atoms with E-state index in [1.165, 1.54) is 0 Å². The number of ether oxygens (including phenoxy) is 1. The molecule has 1 aliphatic rings. The van der Waals surface area contributed by atoms with E-state index in [-0.39, 0.29) is 12.1 Å². The molecule has 0 spiro atoms. The van der Waals surface area contributed by atoms with Gasteiger partial charge in [0.05, 0.1) is 0 Å². The summed E-state index contributed by atoms with van der Waals surface area (Å²) in [6.07, 6.45) is -0.373. The smallest absolute Gasteiger partial charge is 0.258 e. The zero-order valence-corrected chi connectivity index (χ0v) is 15.1. The lowest BCUT2D eigenvalue weighted by Gasteiger charge is -2.13. The number of benzene rings is 3. The van der Waals surface area contributed by atoms with Gasteiger partial charge in [0.2, 0.25) is 5.88 Å². The molecule has 1 atom stereocenters. The minimum absolute atomic E-state index is 0.259. The lowest BCUT2D eigenvalue weighted by molar-refractivity contribution is 0.0851. The van der Waals surface area contributed by atoms with Gasteiger partial charge in [-0.25, -0.2) is 0 Å². The number of hydrogen-bond donors (Lipinski definition) is 2. The van der Waals surface area contributed by atoms with Gasteiger partial charge in [0.1, 0.15) is 5.70 Å². The average Bonchev–Trinajstić information content (AvgIpc) is 3.13. The van der Waals surface area contributed by atoms with Crippen LogP contribution in [0.4, 0.5) is 0 Å². The van der Waals surface area contributed by atoms with Gasteiger partial charge in [0, 0.05) is 21.7 Å². The third-order valence-electron chi connectivity index (χ3n) is 4.24. The van der Waals surface area contributed by atoms with Crippen LogP contribution in [0.3, 0.4) is 0 Å². The van der Waals surface area contributed by atoms with Crippen molar-refractivity contribution in [3.8, 4) is 0 Å². The van der Waals surface area contributed by atoms with Crippen molar-refractivity contribution in [2.75, 3.05) is 0 Å². The number of carbonyl (C=O) groups excluding carboxylic acids is 1. The molecule has 1 amide bonds. The topological polar surface area (TPSA) is 50.4 Å². The predicted octanol–water partition coefficient (Wildman–Crippen LogP) is 4.71. The molecule has 1 aliphatic heterocycles. The Bertz CT molecular complexity index is 970. The summed E-state index contributed by atoms with van der Waals surface area (Å²) in [7, 11) is 0. The van der Waals surface area contributed by atoms with Gasteiger partial charge < -0.3 is 10.1 Å². The highest BCUT2D eigenvalue weighted by atomic mass is 35.5. The van der Waals surface area contributed by atoms with Gasteiger partial charge in [0.25, 0.3) is 5.91 Å².